The van der Waals surface area contributed by atoms with E-state index >= 15 is 0 Å². The molecule has 5 N–H and O–H groups in total. The molecule has 7 nitrogen and oxygen atoms in total. The average Bonchev–Trinajstić information content (AvgIpc) is 3.46. The van der Waals surface area contributed by atoms with E-state index in [2.05, 4.69) is 5.32 Å². The van der Waals surface area contributed by atoms with Crippen LogP contribution in [0.4, 0.5) is 0 Å². The second-order valence-electron chi connectivity index (χ2n) is 7.02. The lowest BCUT2D eigenvalue weighted by atomic mass is 9.90. The van der Waals surface area contributed by atoms with Gasteiger partial charge in [-0.15, -0.1) is 0 Å². The van der Waals surface area contributed by atoms with E-state index in [1.54, 1.807) is 12.1 Å². The zero-order valence-electron chi connectivity index (χ0n) is 14.2. The molecule has 1 aromatic carbocycles. The number of benzene rings is 1. The van der Waals surface area contributed by atoms with Gasteiger partial charge in [0.2, 0.25) is 5.91 Å². The third kappa shape index (κ3) is 4.36. The third-order valence-corrected chi connectivity index (χ3v) is 5.34. The first kappa shape index (κ1) is 19.5. The van der Waals surface area contributed by atoms with Crippen LogP contribution in [-0.2, 0) is 9.53 Å². The molecule has 0 aromatic heterocycles. The maximum atomic E-state index is 12.5. The summed E-state index contributed by atoms with van der Waals surface area (Å²) < 4.78 is 5.32. The number of nitrogens with one attached hydrogen (secondary N) is 1. The van der Waals surface area contributed by atoms with Gasteiger partial charge >= 0.3 is 0 Å². The molecule has 1 aliphatic heterocycles. The van der Waals surface area contributed by atoms with Gasteiger partial charge < -0.3 is 30.5 Å². The topological polar surface area (TPSA) is 119 Å². The lowest BCUT2D eigenvalue weighted by Gasteiger charge is -2.40. The Morgan fingerprint density at radius 1 is 1.15 bits per heavy atom. The van der Waals surface area contributed by atoms with Crippen LogP contribution in [0.5, 0.6) is 0 Å². The monoisotopic (exact) mass is 385 g/mol. The fourth-order valence-corrected chi connectivity index (χ4v) is 3.53. The van der Waals surface area contributed by atoms with Crippen molar-refractivity contribution in [1.29, 1.82) is 0 Å². The first-order chi connectivity index (χ1) is 12.4. The largest absolute Gasteiger partial charge is 0.394 e. The van der Waals surface area contributed by atoms with E-state index in [4.69, 9.17) is 16.3 Å². The number of hydrogen-bond acceptors (Lipinski definition) is 6. The molecule has 1 aliphatic carbocycles. The van der Waals surface area contributed by atoms with Crippen molar-refractivity contribution >= 4 is 17.5 Å². The summed E-state index contributed by atoms with van der Waals surface area (Å²) in [5.41, 5.74) is 1.03. The number of halogens is 1. The molecule has 1 amide bonds. The van der Waals surface area contributed by atoms with Crippen molar-refractivity contribution in [3.63, 3.8) is 0 Å². The molecule has 3 rings (SSSR count). The number of aliphatic hydroxyl groups is 4. The van der Waals surface area contributed by atoms with Gasteiger partial charge in [-0.1, -0.05) is 23.7 Å². The lowest BCUT2D eigenvalue weighted by Crippen LogP contribution is -2.63. The predicted molar refractivity (Wildman–Crippen MR) is 93.4 cm³/mol. The molecule has 0 radical (unpaired) electrons. The highest BCUT2D eigenvalue weighted by Gasteiger charge is 2.44. The number of ether oxygens (including phenoxy) is 1. The Kier molecular flexibility index (Phi) is 6.17. The number of carbonyl (C=O) groups excluding carboxylic acids is 1. The van der Waals surface area contributed by atoms with E-state index in [9.17, 15) is 25.2 Å². The Balaban J connectivity index is 1.64. The molecule has 8 heteroatoms. The Morgan fingerprint density at radius 2 is 1.81 bits per heavy atom. The number of amides is 1. The molecule has 2 aliphatic rings. The number of hydrogen-bond donors (Lipinski definition) is 5. The Bertz CT molecular complexity index is 621. The number of aliphatic hydroxyl groups excluding tert-OH is 4. The summed E-state index contributed by atoms with van der Waals surface area (Å²) in [4.78, 5) is 12.5. The van der Waals surface area contributed by atoms with Gasteiger partial charge in [0.1, 0.15) is 24.4 Å². The second kappa shape index (κ2) is 8.21. The molecule has 2 fully saturated rings. The van der Waals surface area contributed by atoms with Crippen LogP contribution in [0, 0.1) is 5.92 Å². The van der Waals surface area contributed by atoms with Crippen molar-refractivity contribution in [2.45, 2.75) is 55.8 Å². The van der Waals surface area contributed by atoms with Crippen molar-refractivity contribution in [2.24, 2.45) is 5.92 Å². The molecule has 1 saturated heterocycles. The van der Waals surface area contributed by atoms with E-state index in [1.807, 2.05) is 12.1 Å². The predicted octanol–water partition coefficient (Wildman–Crippen LogP) is 0.140. The number of carbonyl (C=O) groups is 1. The van der Waals surface area contributed by atoms with Gasteiger partial charge in [0.15, 0.2) is 6.23 Å². The number of rotatable bonds is 6. The lowest BCUT2D eigenvalue weighted by molar-refractivity contribution is -0.236. The Labute approximate surface area is 156 Å². The van der Waals surface area contributed by atoms with E-state index in [-0.39, 0.29) is 18.2 Å². The summed E-state index contributed by atoms with van der Waals surface area (Å²) in [6, 6.07) is 7.41. The van der Waals surface area contributed by atoms with Crippen molar-refractivity contribution in [3.8, 4) is 0 Å². The Morgan fingerprint density at radius 3 is 2.38 bits per heavy atom. The van der Waals surface area contributed by atoms with Gasteiger partial charge in [-0.05, 0) is 42.4 Å². The normalized spacial score (nSPS) is 32.9. The molecule has 6 atom stereocenters. The molecule has 0 bridgehead atoms. The van der Waals surface area contributed by atoms with Crippen LogP contribution in [0.2, 0.25) is 5.02 Å². The van der Waals surface area contributed by atoms with E-state index < -0.39 is 37.3 Å². The fourth-order valence-electron chi connectivity index (χ4n) is 3.40. The van der Waals surface area contributed by atoms with Crippen LogP contribution in [-0.4, -0.2) is 63.6 Å². The SMILES string of the molecule is O=C(C[C@H](c1ccc(Cl)cc1)C1CC1)N[C@@H]1O[C@H](CO)[C@@H](O)[C@H](O)[C@H]1O. The summed E-state index contributed by atoms with van der Waals surface area (Å²) >= 11 is 5.93. The summed E-state index contributed by atoms with van der Waals surface area (Å²) in [6.07, 6.45) is -4.36. The molecule has 144 valence electrons. The van der Waals surface area contributed by atoms with Gasteiger partial charge in [-0.25, -0.2) is 0 Å². The van der Waals surface area contributed by atoms with Crippen LogP contribution >= 0.6 is 11.6 Å². The minimum atomic E-state index is -1.51. The first-order valence-electron chi connectivity index (χ1n) is 8.76. The van der Waals surface area contributed by atoms with Crippen LogP contribution in [0.3, 0.4) is 0 Å². The molecule has 26 heavy (non-hydrogen) atoms. The van der Waals surface area contributed by atoms with Crippen LogP contribution < -0.4 is 5.32 Å². The van der Waals surface area contributed by atoms with Crippen molar-refractivity contribution in [2.75, 3.05) is 6.61 Å². The highest BCUT2D eigenvalue weighted by Crippen LogP contribution is 2.44. The van der Waals surface area contributed by atoms with Crippen LogP contribution in [0.25, 0.3) is 0 Å². The van der Waals surface area contributed by atoms with Crippen LogP contribution in [0.15, 0.2) is 24.3 Å². The van der Waals surface area contributed by atoms with Gasteiger partial charge in [0.05, 0.1) is 6.61 Å². The third-order valence-electron chi connectivity index (χ3n) is 5.09. The quantitative estimate of drug-likeness (QED) is 0.475. The zero-order chi connectivity index (χ0) is 18.8. The van der Waals surface area contributed by atoms with Gasteiger partial charge in [-0.2, -0.15) is 0 Å². The highest BCUT2D eigenvalue weighted by atomic mass is 35.5. The molecule has 1 aromatic rings. The van der Waals surface area contributed by atoms with Gasteiger partial charge in [0.25, 0.3) is 0 Å². The minimum absolute atomic E-state index is 0.0390. The summed E-state index contributed by atoms with van der Waals surface area (Å²) in [5.74, 6) is 0.134. The van der Waals surface area contributed by atoms with E-state index in [1.165, 1.54) is 0 Å². The summed E-state index contributed by atoms with van der Waals surface area (Å²) in [5, 5.41) is 42.0. The molecular weight excluding hydrogens is 362 g/mol. The van der Waals surface area contributed by atoms with Crippen molar-refractivity contribution in [3.05, 3.63) is 34.9 Å². The maximum absolute atomic E-state index is 12.5. The smallest absolute Gasteiger partial charge is 0.222 e. The zero-order valence-corrected chi connectivity index (χ0v) is 14.9. The highest BCUT2D eigenvalue weighted by molar-refractivity contribution is 6.30. The molecular formula is C18H24ClNO6. The molecule has 0 spiro atoms. The maximum Gasteiger partial charge on any atom is 0.222 e. The van der Waals surface area contributed by atoms with Crippen molar-refractivity contribution in [1.82, 2.24) is 5.32 Å². The van der Waals surface area contributed by atoms with E-state index in [0.717, 1.165) is 18.4 Å². The van der Waals surface area contributed by atoms with Crippen molar-refractivity contribution < 1.29 is 30.0 Å². The van der Waals surface area contributed by atoms with E-state index in [0.29, 0.717) is 10.9 Å². The first-order valence-corrected chi connectivity index (χ1v) is 9.14. The Hall–Kier alpha value is -1.22. The molecule has 0 unspecified atom stereocenters. The fraction of sp³-hybridized carbons (Fsp3) is 0.611. The molecule has 1 heterocycles. The van der Waals surface area contributed by atoms with Gasteiger partial charge in [-0.3, -0.25) is 4.79 Å². The molecule has 1 saturated carbocycles. The van der Waals surface area contributed by atoms with Crippen LogP contribution in [0.1, 0.15) is 30.7 Å². The van der Waals surface area contributed by atoms with Gasteiger partial charge in [0, 0.05) is 11.4 Å². The second-order valence-corrected chi connectivity index (χ2v) is 7.45. The minimum Gasteiger partial charge on any atom is -0.394 e. The average molecular weight is 386 g/mol. The summed E-state index contributed by atoms with van der Waals surface area (Å²) in [7, 11) is 0. The standard InChI is InChI=1S/C18H24ClNO6/c19-11-5-3-10(4-6-11)12(9-1-2-9)7-14(22)20-18-17(25)16(24)15(23)13(8-21)26-18/h3-6,9,12-13,15-18,21,23-25H,1-2,7-8H2,(H,20,22)/t12-,13+,15+,16-,17+,18+/m0/s1. The summed E-state index contributed by atoms with van der Waals surface area (Å²) in [6.45, 7) is -0.535.